The Balaban J connectivity index is 2.33. The van der Waals surface area contributed by atoms with Crippen molar-refractivity contribution in [1.82, 2.24) is 0 Å². The second-order valence-corrected chi connectivity index (χ2v) is 6.66. The third kappa shape index (κ3) is 2.83. The average Bonchev–Trinajstić information content (AvgIpc) is 2.59. The van der Waals surface area contributed by atoms with Gasteiger partial charge in [-0.1, -0.05) is 18.2 Å². The van der Waals surface area contributed by atoms with Gasteiger partial charge in [-0.15, -0.1) is 11.3 Å². The lowest BCUT2D eigenvalue weighted by molar-refractivity contribution is -0.134. The van der Waals surface area contributed by atoms with Crippen molar-refractivity contribution in [2.45, 2.75) is 5.75 Å². The van der Waals surface area contributed by atoms with E-state index < -0.39 is 21.6 Å². The van der Waals surface area contributed by atoms with Gasteiger partial charge in [0.25, 0.3) is 0 Å². The monoisotopic (exact) mass is 270 g/mol. The molecule has 0 fully saturated rings. The van der Waals surface area contributed by atoms with Gasteiger partial charge in [-0.3, -0.25) is 4.79 Å². The highest BCUT2D eigenvalue weighted by atomic mass is 32.2. The lowest BCUT2D eigenvalue weighted by Crippen LogP contribution is -2.16. The molecule has 0 radical (unpaired) electrons. The molecule has 0 aliphatic rings. The van der Waals surface area contributed by atoms with Gasteiger partial charge in [0.15, 0.2) is 9.84 Å². The Morgan fingerprint density at radius 3 is 2.71 bits per heavy atom. The lowest BCUT2D eigenvalue weighted by atomic mass is 10.2. The van der Waals surface area contributed by atoms with Gasteiger partial charge in [0.2, 0.25) is 0 Å². The summed E-state index contributed by atoms with van der Waals surface area (Å²) in [5, 5.41) is 11.2. The second kappa shape index (κ2) is 4.46. The first kappa shape index (κ1) is 12.1. The molecule has 0 aliphatic carbocycles. The van der Waals surface area contributed by atoms with Crippen LogP contribution in [0.2, 0.25) is 0 Å². The Morgan fingerprint density at radius 1 is 1.29 bits per heavy atom. The zero-order valence-corrected chi connectivity index (χ0v) is 10.4. The average molecular weight is 270 g/mol. The van der Waals surface area contributed by atoms with Crippen LogP contribution >= 0.6 is 11.3 Å². The maximum absolute atomic E-state index is 11.6. The first-order chi connectivity index (χ1) is 7.98. The van der Waals surface area contributed by atoms with Crippen LogP contribution in [-0.4, -0.2) is 25.2 Å². The minimum Gasteiger partial charge on any atom is -0.480 e. The van der Waals surface area contributed by atoms with Gasteiger partial charge >= 0.3 is 5.97 Å². The minimum atomic E-state index is -3.59. The molecule has 0 bridgehead atoms. The molecule has 0 amide bonds. The minimum absolute atomic E-state index is 0.219. The maximum Gasteiger partial charge on any atom is 0.318 e. The summed E-state index contributed by atoms with van der Waals surface area (Å²) >= 11 is 1.46. The molecule has 6 heteroatoms. The van der Waals surface area contributed by atoms with Crippen LogP contribution in [-0.2, 0) is 20.4 Å². The first-order valence-corrected chi connectivity index (χ1v) is 7.55. The molecule has 4 nitrogen and oxygen atoms in total. The van der Waals surface area contributed by atoms with Crippen LogP contribution in [0.1, 0.15) is 5.56 Å². The number of hydrogen-bond acceptors (Lipinski definition) is 4. The van der Waals surface area contributed by atoms with Crippen molar-refractivity contribution in [1.29, 1.82) is 0 Å². The number of benzene rings is 1. The van der Waals surface area contributed by atoms with Gasteiger partial charge in [-0.25, -0.2) is 8.42 Å². The Bertz CT molecular complexity index is 655. The highest BCUT2D eigenvalue weighted by molar-refractivity contribution is 7.91. The summed E-state index contributed by atoms with van der Waals surface area (Å²) in [6, 6.07) is 7.47. The highest BCUT2D eigenvalue weighted by Gasteiger charge is 2.18. The van der Waals surface area contributed by atoms with Crippen LogP contribution in [0.3, 0.4) is 0 Å². The largest absolute Gasteiger partial charge is 0.480 e. The molecular weight excluding hydrogens is 260 g/mol. The fraction of sp³-hybridized carbons (Fsp3) is 0.182. The smallest absolute Gasteiger partial charge is 0.318 e. The number of rotatable bonds is 4. The second-order valence-electron chi connectivity index (χ2n) is 3.68. The topological polar surface area (TPSA) is 71.4 Å². The molecule has 1 N–H and O–H groups in total. The van der Waals surface area contributed by atoms with E-state index in [1.165, 1.54) is 11.3 Å². The summed E-state index contributed by atoms with van der Waals surface area (Å²) in [7, 11) is -3.59. The van der Waals surface area contributed by atoms with Crippen molar-refractivity contribution in [2.24, 2.45) is 0 Å². The van der Waals surface area contributed by atoms with Gasteiger partial charge in [-0.2, -0.15) is 0 Å². The maximum atomic E-state index is 11.6. The molecule has 90 valence electrons. The summed E-state index contributed by atoms with van der Waals surface area (Å²) < 4.78 is 24.2. The highest BCUT2D eigenvalue weighted by Crippen LogP contribution is 2.27. The molecule has 0 unspecified atom stereocenters. The van der Waals surface area contributed by atoms with E-state index in [2.05, 4.69) is 0 Å². The summed E-state index contributed by atoms with van der Waals surface area (Å²) in [5.74, 6) is -2.36. The summed E-state index contributed by atoms with van der Waals surface area (Å²) in [4.78, 5) is 10.4. The fourth-order valence-electron chi connectivity index (χ4n) is 1.62. The van der Waals surface area contributed by atoms with Crippen LogP contribution in [0.25, 0.3) is 10.1 Å². The van der Waals surface area contributed by atoms with Gasteiger partial charge in [0, 0.05) is 4.70 Å². The molecule has 0 saturated carbocycles. The van der Waals surface area contributed by atoms with Crippen LogP contribution in [0.15, 0.2) is 29.6 Å². The molecule has 0 spiro atoms. The summed E-state index contributed by atoms with van der Waals surface area (Å²) in [6.07, 6.45) is 0. The summed E-state index contributed by atoms with van der Waals surface area (Å²) in [6.45, 7) is 0. The van der Waals surface area contributed by atoms with Crippen molar-refractivity contribution >= 4 is 37.2 Å². The fourth-order valence-corrected chi connectivity index (χ4v) is 3.88. The predicted octanol–water partition coefficient (Wildman–Crippen LogP) is 1.90. The number of thiophene rings is 1. The molecule has 2 aromatic rings. The molecule has 0 saturated heterocycles. The zero-order chi connectivity index (χ0) is 12.5. The molecule has 1 aromatic carbocycles. The van der Waals surface area contributed by atoms with E-state index in [9.17, 15) is 13.2 Å². The van der Waals surface area contributed by atoms with E-state index in [1.54, 1.807) is 5.38 Å². The van der Waals surface area contributed by atoms with Crippen molar-refractivity contribution in [3.63, 3.8) is 0 Å². The van der Waals surface area contributed by atoms with Gasteiger partial charge in [-0.05, 0) is 22.4 Å². The molecule has 17 heavy (non-hydrogen) atoms. The van der Waals surface area contributed by atoms with E-state index in [1.807, 2.05) is 24.3 Å². The first-order valence-electron chi connectivity index (χ1n) is 4.85. The SMILES string of the molecule is O=C(O)CS(=O)(=O)Cc1csc2ccccc12. The number of fused-ring (bicyclic) bond motifs is 1. The number of hydrogen-bond donors (Lipinski definition) is 1. The lowest BCUT2D eigenvalue weighted by Gasteiger charge is -2.00. The number of aliphatic carboxylic acids is 1. The Labute approximate surface area is 102 Å². The van der Waals surface area contributed by atoms with Crippen molar-refractivity contribution in [3.05, 3.63) is 35.2 Å². The van der Waals surface area contributed by atoms with E-state index in [0.29, 0.717) is 5.56 Å². The van der Waals surface area contributed by atoms with Gasteiger partial charge in [0.05, 0.1) is 5.75 Å². The third-order valence-corrected chi connectivity index (χ3v) is 4.73. The van der Waals surface area contributed by atoms with E-state index in [4.69, 9.17) is 5.11 Å². The van der Waals surface area contributed by atoms with Crippen molar-refractivity contribution in [2.75, 3.05) is 5.75 Å². The number of carbonyl (C=O) groups is 1. The Morgan fingerprint density at radius 2 is 2.00 bits per heavy atom. The Hall–Kier alpha value is -1.40. The molecular formula is C11H10O4S2. The predicted molar refractivity (Wildman–Crippen MR) is 67.0 cm³/mol. The number of carboxylic acid groups (broad SMARTS) is 1. The van der Waals surface area contributed by atoms with Crippen molar-refractivity contribution in [3.8, 4) is 0 Å². The molecule has 2 rings (SSSR count). The van der Waals surface area contributed by atoms with E-state index in [0.717, 1.165) is 10.1 Å². The Kier molecular flexibility index (Phi) is 3.17. The number of sulfone groups is 1. The standard InChI is InChI=1S/C11H10O4S2/c12-11(13)7-17(14,15)6-8-5-16-10-4-2-1-3-9(8)10/h1-5H,6-7H2,(H,12,13). The number of carboxylic acids is 1. The van der Waals surface area contributed by atoms with Crippen LogP contribution in [0.4, 0.5) is 0 Å². The molecule has 0 atom stereocenters. The molecule has 0 aliphatic heterocycles. The van der Waals surface area contributed by atoms with Crippen molar-refractivity contribution < 1.29 is 18.3 Å². The quantitative estimate of drug-likeness (QED) is 0.921. The molecule has 1 aromatic heterocycles. The third-order valence-electron chi connectivity index (χ3n) is 2.28. The molecule has 1 heterocycles. The van der Waals surface area contributed by atoms with Crippen LogP contribution < -0.4 is 0 Å². The van der Waals surface area contributed by atoms with Crippen LogP contribution in [0, 0.1) is 0 Å². The van der Waals surface area contributed by atoms with Gasteiger partial charge < -0.3 is 5.11 Å². The van der Waals surface area contributed by atoms with E-state index >= 15 is 0 Å². The van der Waals surface area contributed by atoms with Crippen LogP contribution in [0.5, 0.6) is 0 Å². The van der Waals surface area contributed by atoms with E-state index in [-0.39, 0.29) is 5.75 Å². The van der Waals surface area contributed by atoms with Gasteiger partial charge in [0.1, 0.15) is 5.75 Å². The summed E-state index contributed by atoms with van der Waals surface area (Å²) in [5.41, 5.74) is 0.673. The zero-order valence-electron chi connectivity index (χ0n) is 8.79. The normalized spacial score (nSPS) is 11.8.